The van der Waals surface area contributed by atoms with Gasteiger partial charge in [0.1, 0.15) is 11.3 Å². The molecule has 0 amide bonds. The molecule has 0 spiro atoms. The number of carboxylic acid groups (broad SMARTS) is 1. The van der Waals surface area contributed by atoms with Gasteiger partial charge in [0.15, 0.2) is 0 Å². The number of rotatable bonds is 3. The molecule has 0 fully saturated rings. The van der Waals surface area contributed by atoms with Crippen LogP contribution in [0.15, 0.2) is 23.1 Å². The van der Waals surface area contributed by atoms with Gasteiger partial charge in [-0.3, -0.25) is 0 Å². The van der Waals surface area contributed by atoms with E-state index in [1.807, 2.05) is 0 Å². The highest BCUT2D eigenvalue weighted by Gasteiger charge is 2.20. The standard InChI is InChI=1S/C9H11NO5S/c1-10(2)16(14,15)6-3-4-8(11)7(5-6)9(12)13/h3-5,11H,1-2H3,(H,12,13). The molecule has 0 aliphatic rings. The Balaban J connectivity index is 3.40. The third kappa shape index (κ3) is 2.15. The second-order valence-electron chi connectivity index (χ2n) is 3.27. The Kier molecular flexibility index (Phi) is 3.20. The summed E-state index contributed by atoms with van der Waals surface area (Å²) in [5.74, 6) is -1.85. The van der Waals surface area contributed by atoms with Crippen LogP contribution in [0.1, 0.15) is 10.4 Å². The van der Waals surface area contributed by atoms with Crippen LogP contribution >= 0.6 is 0 Å². The summed E-state index contributed by atoms with van der Waals surface area (Å²) in [6.45, 7) is 0. The Labute approximate surface area is 92.8 Å². The number of benzene rings is 1. The number of carboxylic acids is 1. The maximum absolute atomic E-state index is 11.7. The Hall–Kier alpha value is -1.60. The van der Waals surface area contributed by atoms with Gasteiger partial charge >= 0.3 is 5.97 Å². The topological polar surface area (TPSA) is 94.9 Å². The van der Waals surface area contributed by atoms with Gasteiger partial charge in [-0.15, -0.1) is 0 Å². The van der Waals surface area contributed by atoms with Crippen molar-refractivity contribution in [2.75, 3.05) is 14.1 Å². The summed E-state index contributed by atoms with van der Waals surface area (Å²) in [7, 11) is -1.02. The third-order valence-electron chi connectivity index (χ3n) is 1.98. The molecule has 0 unspecified atom stereocenters. The van der Waals surface area contributed by atoms with Gasteiger partial charge in [-0.1, -0.05) is 0 Å². The lowest BCUT2D eigenvalue weighted by molar-refractivity contribution is 0.0693. The number of sulfonamides is 1. The first-order chi connectivity index (χ1) is 7.26. The number of nitrogens with zero attached hydrogens (tertiary/aromatic N) is 1. The van der Waals surface area contributed by atoms with E-state index in [9.17, 15) is 18.3 Å². The van der Waals surface area contributed by atoms with Gasteiger partial charge in [0.2, 0.25) is 10.0 Å². The monoisotopic (exact) mass is 245 g/mol. The average molecular weight is 245 g/mol. The van der Waals surface area contributed by atoms with Gasteiger partial charge in [0.25, 0.3) is 0 Å². The van der Waals surface area contributed by atoms with E-state index in [4.69, 9.17) is 5.11 Å². The SMILES string of the molecule is CN(C)S(=O)(=O)c1ccc(O)c(C(=O)O)c1. The predicted molar refractivity (Wildman–Crippen MR) is 55.9 cm³/mol. The molecule has 1 aromatic rings. The van der Waals surface area contributed by atoms with Gasteiger partial charge in [-0.2, -0.15) is 0 Å². The Morgan fingerprint density at radius 3 is 2.31 bits per heavy atom. The molecule has 1 aromatic carbocycles. The first-order valence-electron chi connectivity index (χ1n) is 4.25. The van der Waals surface area contributed by atoms with Crippen molar-refractivity contribution in [3.63, 3.8) is 0 Å². The van der Waals surface area contributed by atoms with E-state index in [1.54, 1.807) is 0 Å². The first kappa shape index (κ1) is 12.5. The summed E-state index contributed by atoms with van der Waals surface area (Å²) in [6, 6.07) is 3.12. The van der Waals surface area contributed by atoms with Crippen LogP contribution in [0.5, 0.6) is 5.75 Å². The molecule has 0 aliphatic heterocycles. The summed E-state index contributed by atoms with van der Waals surface area (Å²) in [5.41, 5.74) is -0.442. The fourth-order valence-electron chi connectivity index (χ4n) is 1.06. The van der Waals surface area contributed by atoms with Crippen molar-refractivity contribution in [3.05, 3.63) is 23.8 Å². The van der Waals surface area contributed by atoms with Gasteiger partial charge in [0.05, 0.1) is 4.90 Å². The van der Waals surface area contributed by atoms with E-state index in [0.717, 1.165) is 22.5 Å². The summed E-state index contributed by atoms with van der Waals surface area (Å²) >= 11 is 0. The molecule has 88 valence electrons. The number of hydrogen-bond donors (Lipinski definition) is 2. The van der Waals surface area contributed by atoms with E-state index in [2.05, 4.69) is 0 Å². The maximum Gasteiger partial charge on any atom is 0.339 e. The fourth-order valence-corrected chi connectivity index (χ4v) is 1.99. The number of aromatic hydroxyl groups is 1. The van der Waals surface area contributed by atoms with Crippen LogP contribution in [0.25, 0.3) is 0 Å². The van der Waals surface area contributed by atoms with Gasteiger partial charge in [-0.25, -0.2) is 17.5 Å². The molecule has 0 saturated heterocycles. The summed E-state index contributed by atoms with van der Waals surface area (Å²) < 4.78 is 24.3. The maximum atomic E-state index is 11.7. The lowest BCUT2D eigenvalue weighted by Crippen LogP contribution is -2.22. The minimum atomic E-state index is -3.69. The van der Waals surface area contributed by atoms with Crippen LogP contribution in [-0.2, 0) is 10.0 Å². The second-order valence-corrected chi connectivity index (χ2v) is 5.42. The van der Waals surface area contributed by atoms with Crippen molar-refractivity contribution < 1.29 is 23.4 Å². The van der Waals surface area contributed by atoms with Crippen LogP contribution in [-0.4, -0.2) is 43.0 Å². The second kappa shape index (κ2) is 4.11. The highest BCUT2D eigenvalue weighted by molar-refractivity contribution is 7.89. The van der Waals surface area contributed by atoms with Crippen molar-refractivity contribution in [1.29, 1.82) is 0 Å². The molecular weight excluding hydrogens is 234 g/mol. The zero-order valence-electron chi connectivity index (χ0n) is 8.71. The molecule has 0 radical (unpaired) electrons. The van der Waals surface area contributed by atoms with Crippen molar-refractivity contribution in [2.45, 2.75) is 4.90 Å². The quantitative estimate of drug-likeness (QED) is 0.800. The average Bonchev–Trinajstić information content (AvgIpc) is 2.17. The fraction of sp³-hybridized carbons (Fsp3) is 0.222. The molecule has 0 bridgehead atoms. The highest BCUT2D eigenvalue weighted by Crippen LogP contribution is 2.22. The molecule has 0 aromatic heterocycles. The smallest absolute Gasteiger partial charge is 0.339 e. The molecule has 0 heterocycles. The Bertz CT molecular complexity index is 521. The summed E-state index contributed by atoms with van der Waals surface area (Å²) in [6.07, 6.45) is 0. The van der Waals surface area contributed by atoms with Crippen molar-refractivity contribution in [3.8, 4) is 5.75 Å². The number of carbonyl (C=O) groups is 1. The Morgan fingerprint density at radius 1 is 1.31 bits per heavy atom. The third-order valence-corrected chi connectivity index (χ3v) is 3.79. The highest BCUT2D eigenvalue weighted by atomic mass is 32.2. The molecule has 0 atom stereocenters. The summed E-state index contributed by atoms with van der Waals surface area (Å²) in [5, 5.41) is 17.9. The minimum absolute atomic E-state index is 0.173. The number of phenols is 1. The van der Waals surface area contributed by atoms with Gasteiger partial charge in [0, 0.05) is 14.1 Å². The van der Waals surface area contributed by atoms with E-state index < -0.39 is 27.3 Å². The molecule has 0 saturated carbocycles. The van der Waals surface area contributed by atoms with Crippen LogP contribution in [0.3, 0.4) is 0 Å². The molecule has 2 N–H and O–H groups in total. The van der Waals surface area contributed by atoms with E-state index in [1.165, 1.54) is 14.1 Å². The molecule has 6 nitrogen and oxygen atoms in total. The normalized spacial score (nSPS) is 11.7. The van der Waals surface area contributed by atoms with Crippen molar-refractivity contribution in [1.82, 2.24) is 4.31 Å². The van der Waals surface area contributed by atoms with Crippen LogP contribution in [0.4, 0.5) is 0 Å². The zero-order chi connectivity index (χ0) is 12.5. The van der Waals surface area contributed by atoms with Crippen LogP contribution in [0.2, 0.25) is 0 Å². The zero-order valence-corrected chi connectivity index (χ0v) is 9.52. The van der Waals surface area contributed by atoms with Crippen LogP contribution < -0.4 is 0 Å². The van der Waals surface area contributed by atoms with E-state index in [-0.39, 0.29) is 4.90 Å². The predicted octanol–water partition coefficient (Wildman–Crippen LogP) is 0.341. The number of aromatic carboxylic acids is 1. The summed E-state index contributed by atoms with van der Waals surface area (Å²) in [4.78, 5) is 10.5. The lowest BCUT2D eigenvalue weighted by atomic mass is 10.2. The molecular formula is C9H11NO5S. The Morgan fingerprint density at radius 2 is 1.88 bits per heavy atom. The largest absolute Gasteiger partial charge is 0.507 e. The van der Waals surface area contributed by atoms with E-state index in [0.29, 0.717) is 0 Å². The molecule has 7 heteroatoms. The number of hydrogen-bond acceptors (Lipinski definition) is 4. The first-order valence-corrected chi connectivity index (χ1v) is 5.69. The molecule has 1 rings (SSSR count). The molecule has 0 aliphatic carbocycles. The lowest BCUT2D eigenvalue weighted by Gasteiger charge is -2.11. The minimum Gasteiger partial charge on any atom is -0.507 e. The van der Waals surface area contributed by atoms with E-state index >= 15 is 0 Å². The van der Waals surface area contributed by atoms with Crippen molar-refractivity contribution in [2.24, 2.45) is 0 Å². The van der Waals surface area contributed by atoms with Gasteiger partial charge < -0.3 is 10.2 Å². The van der Waals surface area contributed by atoms with Crippen molar-refractivity contribution >= 4 is 16.0 Å². The van der Waals surface area contributed by atoms with Crippen LogP contribution in [0, 0.1) is 0 Å². The van der Waals surface area contributed by atoms with Gasteiger partial charge in [-0.05, 0) is 18.2 Å². The molecule has 16 heavy (non-hydrogen) atoms.